The highest BCUT2D eigenvalue weighted by Gasteiger charge is 2.21. The van der Waals surface area contributed by atoms with Gasteiger partial charge >= 0.3 is 0 Å². The van der Waals surface area contributed by atoms with E-state index in [-0.39, 0.29) is 11.8 Å². The summed E-state index contributed by atoms with van der Waals surface area (Å²) in [6, 6.07) is 2.28. The first-order valence-corrected chi connectivity index (χ1v) is 10.1. The van der Waals surface area contributed by atoms with Crippen molar-refractivity contribution in [3.8, 4) is 0 Å². The summed E-state index contributed by atoms with van der Waals surface area (Å²) in [6.45, 7) is 7.04. The third kappa shape index (κ3) is 5.06. The van der Waals surface area contributed by atoms with Gasteiger partial charge in [0.25, 0.3) is 0 Å². The molecule has 0 radical (unpaired) electrons. The van der Waals surface area contributed by atoms with Crippen LogP contribution in [0, 0.1) is 13.8 Å². The van der Waals surface area contributed by atoms with Crippen molar-refractivity contribution in [1.29, 1.82) is 0 Å². The Morgan fingerprint density at radius 3 is 2.76 bits per heavy atom. The van der Waals surface area contributed by atoms with Gasteiger partial charge in [0.05, 0.1) is 5.75 Å². The molecule has 0 bridgehead atoms. The lowest BCUT2D eigenvalue weighted by atomic mass is 10.0. The molecule has 21 heavy (non-hydrogen) atoms. The van der Waals surface area contributed by atoms with Crippen LogP contribution in [0.15, 0.2) is 6.07 Å². The fourth-order valence-electron chi connectivity index (χ4n) is 2.94. The number of hydrogen-bond donors (Lipinski definition) is 2. The van der Waals surface area contributed by atoms with Crippen molar-refractivity contribution in [2.75, 3.05) is 12.3 Å². The molecule has 6 heteroatoms. The summed E-state index contributed by atoms with van der Waals surface area (Å²) in [5.74, 6) is 0.206. The lowest BCUT2D eigenvalue weighted by molar-refractivity contribution is 0.392. The molecule has 1 fully saturated rings. The molecule has 2 atom stereocenters. The van der Waals surface area contributed by atoms with E-state index >= 15 is 0 Å². The molecule has 1 aromatic rings. The van der Waals surface area contributed by atoms with Crippen molar-refractivity contribution in [3.05, 3.63) is 21.4 Å². The van der Waals surface area contributed by atoms with Gasteiger partial charge < -0.3 is 5.32 Å². The van der Waals surface area contributed by atoms with Crippen LogP contribution in [0.25, 0.3) is 0 Å². The molecule has 1 aliphatic rings. The summed E-state index contributed by atoms with van der Waals surface area (Å²) < 4.78 is 27.3. The third-order valence-electron chi connectivity index (χ3n) is 4.05. The van der Waals surface area contributed by atoms with Gasteiger partial charge in [0.15, 0.2) is 0 Å². The quantitative estimate of drug-likeness (QED) is 0.843. The first-order valence-electron chi connectivity index (χ1n) is 7.68. The molecular formula is C15H26N2O2S2. The first-order chi connectivity index (χ1) is 9.87. The number of hydrogen-bond acceptors (Lipinski definition) is 4. The van der Waals surface area contributed by atoms with Crippen LogP contribution in [0.4, 0.5) is 0 Å². The Bertz CT molecular complexity index is 560. The average Bonchev–Trinajstić information content (AvgIpc) is 2.76. The van der Waals surface area contributed by atoms with E-state index in [1.54, 1.807) is 11.3 Å². The monoisotopic (exact) mass is 330 g/mol. The van der Waals surface area contributed by atoms with Crippen molar-refractivity contribution in [3.63, 3.8) is 0 Å². The van der Waals surface area contributed by atoms with Gasteiger partial charge in [-0.3, -0.25) is 0 Å². The van der Waals surface area contributed by atoms with Crippen LogP contribution in [-0.2, 0) is 10.0 Å². The van der Waals surface area contributed by atoms with Gasteiger partial charge in [-0.15, -0.1) is 11.3 Å². The zero-order chi connectivity index (χ0) is 15.5. The molecule has 1 aliphatic heterocycles. The van der Waals surface area contributed by atoms with Crippen LogP contribution in [-0.4, -0.2) is 26.8 Å². The molecule has 2 heterocycles. The van der Waals surface area contributed by atoms with Gasteiger partial charge in [-0.2, -0.15) is 0 Å². The maximum atomic E-state index is 12.2. The lowest BCUT2D eigenvalue weighted by Gasteiger charge is -2.23. The highest BCUT2D eigenvalue weighted by Crippen LogP contribution is 2.26. The van der Waals surface area contributed by atoms with E-state index in [9.17, 15) is 8.42 Å². The van der Waals surface area contributed by atoms with Crippen molar-refractivity contribution in [1.82, 2.24) is 10.0 Å². The highest BCUT2D eigenvalue weighted by atomic mass is 32.2. The van der Waals surface area contributed by atoms with Crippen LogP contribution >= 0.6 is 11.3 Å². The maximum absolute atomic E-state index is 12.2. The minimum Gasteiger partial charge on any atom is -0.314 e. The topological polar surface area (TPSA) is 58.2 Å². The van der Waals surface area contributed by atoms with E-state index in [0.717, 1.165) is 18.5 Å². The maximum Gasteiger partial charge on any atom is 0.212 e. The predicted octanol–water partition coefficient (Wildman–Crippen LogP) is 2.88. The molecule has 0 aromatic carbocycles. The Balaban J connectivity index is 1.89. The van der Waals surface area contributed by atoms with Crippen molar-refractivity contribution in [2.45, 2.75) is 58.5 Å². The number of thiophene rings is 1. The second-order valence-corrected chi connectivity index (χ2v) is 9.30. The van der Waals surface area contributed by atoms with E-state index in [2.05, 4.69) is 23.0 Å². The summed E-state index contributed by atoms with van der Waals surface area (Å²) in [6.07, 6.45) is 4.20. The minimum absolute atomic E-state index is 0.153. The second kappa shape index (κ2) is 7.22. The van der Waals surface area contributed by atoms with Crippen molar-refractivity contribution >= 4 is 21.4 Å². The molecule has 2 rings (SSSR count). The van der Waals surface area contributed by atoms with Crippen LogP contribution in [0.5, 0.6) is 0 Å². The normalized spacial score (nSPS) is 21.4. The Labute approximate surface area is 132 Å². The molecule has 2 N–H and O–H groups in total. The molecule has 120 valence electrons. The summed E-state index contributed by atoms with van der Waals surface area (Å²) in [4.78, 5) is 2.41. The summed E-state index contributed by atoms with van der Waals surface area (Å²) in [5.41, 5.74) is 1.09. The van der Waals surface area contributed by atoms with E-state index in [1.165, 1.54) is 22.6 Å². The molecule has 0 aliphatic carbocycles. The summed E-state index contributed by atoms with van der Waals surface area (Å²) in [7, 11) is -3.22. The van der Waals surface area contributed by atoms with Crippen LogP contribution < -0.4 is 10.0 Å². The number of aryl methyl sites for hydroxylation is 2. The lowest BCUT2D eigenvalue weighted by Crippen LogP contribution is -2.37. The fourth-order valence-corrected chi connectivity index (χ4v) is 5.34. The molecule has 1 saturated heterocycles. The molecule has 0 saturated carbocycles. The zero-order valence-corrected chi connectivity index (χ0v) is 14.7. The Hall–Kier alpha value is -0.430. The molecule has 0 amide bonds. The molecule has 4 nitrogen and oxygen atoms in total. The smallest absolute Gasteiger partial charge is 0.212 e. The van der Waals surface area contributed by atoms with E-state index < -0.39 is 10.0 Å². The number of nitrogens with one attached hydrogen (secondary N) is 2. The summed E-state index contributed by atoms with van der Waals surface area (Å²) >= 11 is 1.71. The standard InChI is InChI=1S/C15H26N2O2S2/c1-11-10-15(13(3)20-11)12(2)17-21(18,19)9-7-14-6-4-5-8-16-14/h10,12,14,16-17H,4-9H2,1-3H3. The molecule has 0 spiro atoms. The van der Waals surface area contributed by atoms with Gasteiger partial charge in [-0.25, -0.2) is 13.1 Å². The van der Waals surface area contributed by atoms with Crippen LogP contribution in [0.3, 0.4) is 0 Å². The van der Waals surface area contributed by atoms with Gasteiger partial charge in [-0.05, 0) is 58.2 Å². The third-order valence-corrected chi connectivity index (χ3v) is 6.52. The van der Waals surface area contributed by atoms with E-state index in [0.29, 0.717) is 12.5 Å². The van der Waals surface area contributed by atoms with Crippen molar-refractivity contribution in [2.24, 2.45) is 0 Å². The van der Waals surface area contributed by atoms with E-state index in [1.807, 2.05) is 13.8 Å². The highest BCUT2D eigenvalue weighted by molar-refractivity contribution is 7.89. The van der Waals surface area contributed by atoms with Gasteiger partial charge in [0.2, 0.25) is 10.0 Å². The Kier molecular flexibility index (Phi) is 5.82. The largest absolute Gasteiger partial charge is 0.314 e. The number of piperidine rings is 1. The van der Waals surface area contributed by atoms with Crippen LogP contribution in [0.1, 0.15) is 54.0 Å². The van der Waals surface area contributed by atoms with Gasteiger partial charge in [0.1, 0.15) is 0 Å². The fraction of sp³-hybridized carbons (Fsp3) is 0.733. The SMILES string of the molecule is Cc1cc(C(C)NS(=O)(=O)CCC2CCCCN2)c(C)s1. The second-order valence-electron chi connectivity index (χ2n) is 5.96. The molecule has 1 aromatic heterocycles. The van der Waals surface area contributed by atoms with Crippen LogP contribution in [0.2, 0.25) is 0 Å². The first kappa shape index (κ1) is 16.9. The molecular weight excluding hydrogens is 304 g/mol. The summed E-state index contributed by atoms with van der Waals surface area (Å²) in [5, 5.41) is 3.40. The number of sulfonamides is 1. The Morgan fingerprint density at radius 1 is 1.43 bits per heavy atom. The molecule has 2 unspecified atom stereocenters. The average molecular weight is 331 g/mol. The van der Waals surface area contributed by atoms with Crippen molar-refractivity contribution < 1.29 is 8.42 Å². The number of rotatable bonds is 6. The van der Waals surface area contributed by atoms with E-state index in [4.69, 9.17) is 0 Å². The van der Waals surface area contributed by atoms with Gasteiger partial charge in [-0.1, -0.05) is 6.42 Å². The van der Waals surface area contributed by atoms with Gasteiger partial charge in [0, 0.05) is 21.8 Å². The minimum atomic E-state index is -3.22. The Morgan fingerprint density at radius 2 is 2.19 bits per heavy atom. The predicted molar refractivity (Wildman–Crippen MR) is 89.4 cm³/mol. The zero-order valence-electron chi connectivity index (χ0n) is 13.1.